The number of halogens is 3. The van der Waals surface area contributed by atoms with Crippen LogP contribution in [0.2, 0.25) is 0 Å². The maximum absolute atomic E-state index is 12.9. The normalized spacial score (nSPS) is 12.9. The van der Waals surface area contributed by atoms with Crippen LogP contribution in [-0.4, -0.2) is 30.0 Å². The van der Waals surface area contributed by atoms with Crippen LogP contribution in [0.3, 0.4) is 0 Å². The molecule has 0 unspecified atom stereocenters. The van der Waals surface area contributed by atoms with Crippen LogP contribution < -0.4 is 10.1 Å². The van der Waals surface area contributed by atoms with Gasteiger partial charge in [-0.25, -0.2) is 0 Å². The second-order valence-electron chi connectivity index (χ2n) is 7.29. The molecule has 1 atom stereocenters. The van der Waals surface area contributed by atoms with E-state index in [2.05, 4.69) is 10.5 Å². The fourth-order valence-corrected chi connectivity index (χ4v) is 3.34. The zero-order valence-corrected chi connectivity index (χ0v) is 17.1. The van der Waals surface area contributed by atoms with Gasteiger partial charge in [0, 0.05) is 18.0 Å². The molecule has 0 aliphatic rings. The van der Waals surface area contributed by atoms with Crippen molar-refractivity contribution in [2.24, 2.45) is 0 Å². The van der Waals surface area contributed by atoms with Gasteiger partial charge in [-0.15, -0.1) is 0 Å². The lowest BCUT2D eigenvalue weighted by Crippen LogP contribution is -2.28. The van der Waals surface area contributed by atoms with E-state index in [1.54, 1.807) is 31.2 Å². The Morgan fingerprint density at radius 3 is 2.69 bits per heavy atom. The lowest BCUT2D eigenvalue weighted by molar-refractivity contribution is -0.137. The molecule has 6 nitrogen and oxygen atoms in total. The number of nitrogens with zero attached hydrogens (tertiary/aromatic N) is 1. The molecule has 0 saturated heterocycles. The summed E-state index contributed by atoms with van der Waals surface area (Å²) < 4.78 is 55.4. The van der Waals surface area contributed by atoms with Crippen LogP contribution >= 0.6 is 0 Å². The standard InChI is InChI=1S/C23H21F3N2O4/c1-14-9-19(28-32-14)22-12-16-11-18(5-6-21(16)31-22)30-8-7-27-20(13-29)15-3-2-4-17(10-15)23(24,25)26/h2-6,9-12,20,27,29H,7-8,13H2,1H3/t20-/m0/s1. The van der Waals surface area contributed by atoms with E-state index in [1.165, 1.54) is 6.07 Å². The second-order valence-corrected chi connectivity index (χ2v) is 7.29. The number of nitrogens with one attached hydrogen (secondary N) is 1. The summed E-state index contributed by atoms with van der Waals surface area (Å²) in [5.74, 6) is 1.88. The first-order valence-electron chi connectivity index (χ1n) is 9.95. The summed E-state index contributed by atoms with van der Waals surface area (Å²) in [7, 11) is 0. The fourth-order valence-electron chi connectivity index (χ4n) is 3.34. The highest BCUT2D eigenvalue weighted by atomic mass is 19.4. The van der Waals surface area contributed by atoms with Crippen molar-refractivity contribution in [1.29, 1.82) is 0 Å². The first kappa shape index (κ1) is 21.9. The van der Waals surface area contributed by atoms with E-state index in [-0.39, 0.29) is 13.2 Å². The highest BCUT2D eigenvalue weighted by molar-refractivity contribution is 5.83. The second kappa shape index (κ2) is 9.05. The van der Waals surface area contributed by atoms with Gasteiger partial charge in [-0.2, -0.15) is 13.2 Å². The number of hydrogen-bond donors (Lipinski definition) is 2. The Kier molecular flexibility index (Phi) is 6.20. The van der Waals surface area contributed by atoms with Gasteiger partial charge in [-0.3, -0.25) is 0 Å². The Balaban J connectivity index is 1.35. The monoisotopic (exact) mass is 446 g/mol. The quantitative estimate of drug-likeness (QED) is 0.366. The molecule has 4 rings (SSSR count). The maximum Gasteiger partial charge on any atom is 0.416 e. The third-order valence-electron chi connectivity index (χ3n) is 4.93. The number of fused-ring (bicyclic) bond motifs is 1. The van der Waals surface area contributed by atoms with Gasteiger partial charge in [0.25, 0.3) is 0 Å². The van der Waals surface area contributed by atoms with Gasteiger partial charge in [0.15, 0.2) is 5.76 Å². The lowest BCUT2D eigenvalue weighted by atomic mass is 10.0. The predicted molar refractivity (Wildman–Crippen MR) is 111 cm³/mol. The number of aryl methyl sites for hydroxylation is 1. The van der Waals surface area contributed by atoms with E-state index in [0.717, 1.165) is 17.5 Å². The number of hydrogen-bond acceptors (Lipinski definition) is 6. The molecule has 0 aliphatic carbocycles. The van der Waals surface area contributed by atoms with Crippen molar-refractivity contribution in [2.45, 2.75) is 19.1 Å². The molecule has 0 spiro atoms. The van der Waals surface area contributed by atoms with Crippen LogP contribution in [0.5, 0.6) is 5.75 Å². The van der Waals surface area contributed by atoms with Gasteiger partial charge in [0.2, 0.25) is 0 Å². The summed E-state index contributed by atoms with van der Waals surface area (Å²) >= 11 is 0. The van der Waals surface area contributed by atoms with Crippen LogP contribution in [0, 0.1) is 6.92 Å². The van der Waals surface area contributed by atoms with Crippen molar-refractivity contribution >= 4 is 11.0 Å². The minimum absolute atomic E-state index is 0.258. The Morgan fingerprint density at radius 1 is 1.12 bits per heavy atom. The van der Waals surface area contributed by atoms with Gasteiger partial charge in [-0.1, -0.05) is 17.3 Å². The molecule has 4 aromatic rings. The molecule has 2 N–H and O–H groups in total. The van der Waals surface area contributed by atoms with Crippen molar-refractivity contribution in [3.8, 4) is 17.2 Å². The number of alkyl halides is 3. The summed E-state index contributed by atoms with van der Waals surface area (Å²) in [4.78, 5) is 0. The number of rotatable bonds is 8. The van der Waals surface area contributed by atoms with E-state index in [0.29, 0.717) is 40.7 Å². The van der Waals surface area contributed by atoms with Gasteiger partial charge >= 0.3 is 6.18 Å². The summed E-state index contributed by atoms with van der Waals surface area (Å²) in [6, 6.07) is 13.3. The number of furan rings is 1. The van der Waals surface area contributed by atoms with Crippen molar-refractivity contribution in [1.82, 2.24) is 10.5 Å². The number of aromatic nitrogens is 1. The van der Waals surface area contributed by atoms with Crippen LogP contribution in [0.25, 0.3) is 22.4 Å². The molecule has 32 heavy (non-hydrogen) atoms. The van der Waals surface area contributed by atoms with Crippen molar-refractivity contribution in [2.75, 3.05) is 19.8 Å². The van der Waals surface area contributed by atoms with Crippen molar-refractivity contribution in [3.05, 3.63) is 71.5 Å². The van der Waals surface area contributed by atoms with Crippen molar-refractivity contribution < 1.29 is 32.0 Å². The van der Waals surface area contributed by atoms with Gasteiger partial charge in [0.1, 0.15) is 29.4 Å². The first-order valence-corrected chi connectivity index (χ1v) is 9.95. The Hall–Kier alpha value is -3.30. The van der Waals surface area contributed by atoms with Crippen LogP contribution in [0.15, 0.2) is 63.5 Å². The molecule has 2 aromatic heterocycles. The molecule has 0 bridgehead atoms. The number of ether oxygens (including phenoxy) is 1. The van der Waals surface area contributed by atoms with E-state index in [1.807, 2.05) is 12.1 Å². The molecular formula is C23H21F3N2O4. The maximum atomic E-state index is 12.9. The lowest BCUT2D eigenvalue weighted by Gasteiger charge is -2.18. The fraction of sp³-hybridized carbons (Fsp3) is 0.261. The van der Waals surface area contributed by atoms with Crippen LogP contribution in [0.4, 0.5) is 13.2 Å². The Labute approximate surface area is 181 Å². The molecule has 0 amide bonds. The number of aliphatic hydroxyl groups is 1. The minimum Gasteiger partial charge on any atom is -0.492 e. The zero-order valence-electron chi connectivity index (χ0n) is 17.1. The average Bonchev–Trinajstić information content (AvgIpc) is 3.39. The molecule has 2 heterocycles. The number of benzene rings is 2. The third-order valence-corrected chi connectivity index (χ3v) is 4.93. The SMILES string of the molecule is Cc1cc(-c2cc3cc(OCCN[C@@H](CO)c4cccc(C(F)(F)F)c4)ccc3o2)no1. The van der Waals surface area contributed by atoms with Crippen molar-refractivity contribution in [3.63, 3.8) is 0 Å². The average molecular weight is 446 g/mol. The third kappa shape index (κ3) is 4.95. The molecule has 0 aliphatic heterocycles. The van der Waals surface area contributed by atoms with Crippen LogP contribution in [0.1, 0.15) is 22.9 Å². The highest BCUT2D eigenvalue weighted by Crippen LogP contribution is 2.31. The zero-order chi connectivity index (χ0) is 22.7. The van der Waals surface area contributed by atoms with Gasteiger partial charge < -0.3 is 24.1 Å². The van der Waals surface area contributed by atoms with E-state index < -0.39 is 17.8 Å². The topological polar surface area (TPSA) is 80.7 Å². The molecule has 2 aromatic carbocycles. The Morgan fingerprint density at radius 2 is 1.97 bits per heavy atom. The molecule has 0 saturated carbocycles. The Bertz CT molecular complexity index is 1200. The molecule has 0 radical (unpaired) electrons. The van der Waals surface area contributed by atoms with Gasteiger partial charge in [-0.05, 0) is 48.9 Å². The van der Waals surface area contributed by atoms with E-state index in [4.69, 9.17) is 13.7 Å². The first-order chi connectivity index (χ1) is 15.3. The van der Waals surface area contributed by atoms with Crippen LogP contribution in [-0.2, 0) is 6.18 Å². The summed E-state index contributed by atoms with van der Waals surface area (Å²) in [5.41, 5.74) is 0.892. The van der Waals surface area contributed by atoms with E-state index in [9.17, 15) is 18.3 Å². The molecule has 9 heteroatoms. The summed E-state index contributed by atoms with van der Waals surface area (Å²) in [5, 5.41) is 17.4. The smallest absolute Gasteiger partial charge is 0.416 e. The van der Waals surface area contributed by atoms with Gasteiger partial charge in [0.05, 0.1) is 18.2 Å². The summed E-state index contributed by atoms with van der Waals surface area (Å²) in [6.07, 6.45) is -4.43. The highest BCUT2D eigenvalue weighted by Gasteiger charge is 2.30. The molecule has 0 fully saturated rings. The summed E-state index contributed by atoms with van der Waals surface area (Å²) in [6.45, 7) is 2.04. The minimum atomic E-state index is -4.43. The predicted octanol–water partition coefficient (Wildman–Crippen LogP) is 5.12. The van der Waals surface area contributed by atoms with E-state index >= 15 is 0 Å². The molecule has 168 valence electrons. The largest absolute Gasteiger partial charge is 0.492 e. The molecular weight excluding hydrogens is 425 g/mol. The number of aliphatic hydroxyl groups excluding tert-OH is 1.